The molecular weight excluding hydrogens is 262 g/mol. The number of likely N-dealkylation sites (tertiary alicyclic amines) is 2. The van der Waals surface area contributed by atoms with Crippen LogP contribution < -0.4 is 5.73 Å². The van der Waals surface area contributed by atoms with E-state index in [4.69, 9.17) is 5.73 Å². The zero-order chi connectivity index (χ0) is 14.8. The number of amides is 1. The minimum Gasteiger partial charge on any atom is -0.341 e. The fourth-order valence-electron chi connectivity index (χ4n) is 4.43. The molecule has 3 rings (SSSR count). The van der Waals surface area contributed by atoms with Gasteiger partial charge in [-0.25, -0.2) is 0 Å². The Labute approximate surface area is 129 Å². The normalized spacial score (nSPS) is 38.7. The molecule has 1 aliphatic carbocycles. The highest BCUT2D eigenvalue weighted by atomic mass is 16.2. The molecule has 2 N–H and O–H groups in total. The largest absolute Gasteiger partial charge is 0.341 e. The summed E-state index contributed by atoms with van der Waals surface area (Å²) < 4.78 is 0. The van der Waals surface area contributed by atoms with Crippen molar-refractivity contribution in [3.05, 3.63) is 0 Å². The topological polar surface area (TPSA) is 49.6 Å². The third-order valence-electron chi connectivity index (χ3n) is 5.97. The number of hydrogen-bond acceptors (Lipinski definition) is 3. The van der Waals surface area contributed by atoms with Crippen LogP contribution in [0.2, 0.25) is 0 Å². The first-order valence-electron chi connectivity index (χ1n) is 8.93. The lowest BCUT2D eigenvalue weighted by molar-refractivity contribution is -0.136. The first-order chi connectivity index (χ1) is 10.1. The van der Waals surface area contributed by atoms with Crippen molar-refractivity contribution in [1.82, 2.24) is 9.80 Å². The minimum atomic E-state index is 0.236. The van der Waals surface area contributed by atoms with Crippen molar-refractivity contribution in [1.29, 1.82) is 0 Å². The number of hydrogen-bond donors (Lipinski definition) is 1. The lowest BCUT2D eigenvalue weighted by Crippen LogP contribution is -2.44. The predicted molar refractivity (Wildman–Crippen MR) is 84.9 cm³/mol. The molecule has 0 radical (unpaired) electrons. The molecule has 4 unspecified atom stereocenters. The van der Waals surface area contributed by atoms with E-state index in [-0.39, 0.29) is 5.92 Å². The molecular formula is C17H31N3O. The van der Waals surface area contributed by atoms with Crippen molar-refractivity contribution in [2.45, 2.75) is 64.0 Å². The highest BCUT2D eigenvalue weighted by Crippen LogP contribution is 2.31. The first-order valence-corrected chi connectivity index (χ1v) is 8.93. The Kier molecular flexibility index (Phi) is 4.85. The van der Waals surface area contributed by atoms with Gasteiger partial charge in [0.05, 0.1) is 0 Å². The van der Waals surface area contributed by atoms with Gasteiger partial charge in [-0.15, -0.1) is 0 Å². The van der Waals surface area contributed by atoms with Gasteiger partial charge in [0.1, 0.15) is 0 Å². The van der Waals surface area contributed by atoms with Gasteiger partial charge >= 0.3 is 0 Å². The van der Waals surface area contributed by atoms with E-state index in [0.29, 0.717) is 23.9 Å². The molecule has 0 spiro atoms. The Morgan fingerprint density at radius 2 is 1.81 bits per heavy atom. The number of rotatable bonds is 2. The van der Waals surface area contributed by atoms with Crippen molar-refractivity contribution in [3.63, 3.8) is 0 Å². The third kappa shape index (κ3) is 3.42. The van der Waals surface area contributed by atoms with Crippen LogP contribution in [0, 0.1) is 11.8 Å². The molecule has 4 atom stereocenters. The number of carbonyl (C=O) groups excluding carboxylic acids is 1. The zero-order valence-corrected chi connectivity index (χ0v) is 13.5. The second-order valence-electron chi connectivity index (χ2n) is 7.47. The van der Waals surface area contributed by atoms with Crippen LogP contribution in [-0.2, 0) is 4.79 Å². The van der Waals surface area contributed by atoms with Crippen molar-refractivity contribution >= 4 is 5.91 Å². The fourth-order valence-corrected chi connectivity index (χ4v) is 4.43. The van der Waals surface area contributed by atoms with Crippen molar-refractivity contribution in [3.8, 4) is 0 Å². The zero-order valence-electron chi connectivity index (χ0n) is 13.5. The molecule has 1 amide bonds. The number of nitrogens with zero attached hydrogens (tertiary/aromatic N) is 2. The van der Waals surface area contributed by atoms with Gasteiger partial charge in [-0.3, -0.25) is 9.69 Å². The predicted octanol–water partition coefficient (Wildman–Crippen LogP) is 1.84. The van der Waals surface area contributed by atoms with Crippen LogP contribution in [0.15, 0.2) is 0 Å². The summed E-state index contributed by atoms with van der Waals surface area (Å²) in [6.07, 6.45) is 8.23. The summed E-state index contributed by atoms with van der Waals surface area (Å²) in [5.41, 5.74) is 6.08. The summed E-state index contributed by atoms with van der Waals surface area (Å²) >= 11 is 0. The van der Waals surface area contributed by atoms with Crippen molar-refractivity contribution in [2.24, 2.45) is 17.6 Å². The Morgan fingerprint density at radius 1 is 1.05 bits per heavy atom. The molecule has 0 aromatic carbocycles. The Morgan fingerprint density at radius 3 is 2.52 bits per heavy atom. The second-order valence-corrected chi connectivity index (χ2v) is 7.47. The van der Waals surface area contributed by atoms with E-state index in [9.17, 15) is 4.79 Å². The molecule has 0 aromatic heterocycles. The quantitative estimate of drug-likeness (QED) is 0.845. The number of piperidine rings is 1. The lowest BCUT2D eigenvalue weighted by atomic mass is 9.79. The molecule has 0 bridgehead atoms. The van der Waals surface area contributed by atoms with Crippen LogP contribution in [0.3, 0.4) is 0 Å². The van der Waals surface area contributed by atoms with Gasteiger partial charge in [0, 0.05) is 31.1 Å². The second kappa shape index (κ2) is 6.66. The van der Waals surface area contributed by atoms with E-state index in [1.165, 1.54) is 38.8 Å². The van der Waals surface area contributed by atoms with E-state index in [2.05, 4.69) is 16.7 Å². The van der Waals surface area contributed by atoms with E-state index < -0.39 is 0 Å². The maximum absolute atomic E-state index is 12.7. The van der Waals surface area contributed by atoms with Gasteiger partial charge in [-0.05, 0) is 57.5 Å². The summed E-state index contributed by atoms with van der Waals surface area (Å²) in [5.74, 6) is 1.14. The van der Waals surface area contributed by atoms with Gasteiger partial charge < -0.3 is 10.6 Å². The number of carbonyl (C=O) groups is 1. The summed E-state index contributed by atoms with van der Waals surface area (Å²) in [5, 5.41) is 0. The average Bonchev–Trinajstić information content (AvgIpc) is 3.00. The SMILES string of the molecule is CC1CC(C(=O)N2CCC(N3CCCCC3)C2)CCC1N. The Bertz CT molecular complexity index is 367. The standard InChI is InChI=1S/C17H31N3O/c1-13-11-14(5-6-16(13)18)17(21)20-10-7-15(12-20)19-8-3-2-4-9-19/h13-16H,2-12,18H2,1H3. The molecule has 2 saturated heterocycles. The van der Waals surface area contributed by atoms with Gasteiger partial charge in [0.15, 0.2) is 0 Å². The summed E-state index contributed by atoms with van der Waals surface area (Å²) in [4.78, 5) is 17.5. The highest BCUT2D eigenvalue weighted by molar-refractivity contribution is 5.79. The minimum absolute atomic E-state index is 0.236. The molecule has 0 aromatic rings. The smallest absolute Gasteiger partial charge is 0.225 e. The molecule has 3 aliphatic rings. The van der Waals surface area contributed by atoms with Crippen LogP contribution in [0.5, 0.6) is 0 Å². The fraction of sp³-hybridized carbons (Fsp3) is 0.941. The highest BCUT2D eigenvalue weighted by Gasteiger charge is 2.36. The summed E-state index contributed by atoms with van der Waals surface area (Å²) in [7, 11) is 0. The van der Waals surface area contributed by atoms with Crippen LogP contribution in [-0.4, -0.2) is 54.0 Å². The molecule has 120 valence electrons. The van der Waals surface area contributed by atoms with E-state index in [0.717, 1.165) is 32.4 Å². The summed E-state index contributed by atoms with van der Waals surface area (Å²) in [6, 6.07) is 0.922. The average molecular weight is 293 g/mol. The van der Waals surface area contributed by atoms with E-state index >= 15 is 0 Å². The maximum atomic E-state index is 12.7. The first kappa shape index (κ1) is 15.3. The van der Waals surface area contributed by atoms with Gasteiger partial charge in [-0.1, -0.05) is 13.3 Å². The lowest BCUT2D eigenvalue weighted by Gasteiger charge is -2.34. The molecule has 2 heterocycles. The molecule has 2 aliphatic heterocycles. The summed E-state index contributed by atoms with van der Waals surface area (Å²) in [6.45, 7) is 6.61. The van der Waals surface area contributed by atoms with Crippen LogP contribution in [0.4, 0.5) is 0 Å². The van der Waals surface area contributed by atoms with Gasteiger partial charge in [0.2, 0.25) is 5.91 Å². The molecule has 3 fully saturated rings. The maximum Gasteiger partial charge on any atom is 0.225 e. The van der Waals surface area contributed by atoms with Crippen LogP contribution in [0.25, 0.3) is 0 Å². The van der Waals surface area contributed by atoms with Crippen LogP contribution in [0.1, 0.15) is 51.9 Å². The van der Waals surface area contributed by atoms with Gasteiger partial charge in [-0.2, -0.15) is 0 Å². The molecule has 21 heavy (non-hydrogen) atoms. The molecule has 1 saturated carbocycles. The van der Waals surface area contributed by atoms with E-state index in [1.807, 2.05) is 0 Å². The van der Waals surface area contributed by atoms with E-state index in [1.54, 1.807) is 0 Å². The Hall–Kier alpha value is -0.610. The van der Waals surface area contributed by atoms with Crippen molar-refractivity contribution in [2.75, 3.05) is 26.2 Å². The van der Waals surface area contributed by atoms with Crippen LogP contribution >= 0.6 is 0 Å². The van der Waals surface area contributed by atoms with Crippen molar-refractivity contribution < 1.29 is 4.79 Å². The monoisotopic (exact) mass is 293 g/mol. The molecule has 4 heteroatoms. The third-order valence-corrected chi connectivity index (χ3v) is 5.97. The van der Waals surface area contributed by atoms with Gasteiger partial charge in [0.25, 0.3) is 0 Å². The molecule has 4 nitrogen and oxygen atoms in total. The number of nitrogens with two attached hydrogens (primary N) is 1. The Balaban J connectivity index is 1.52.